The second-order valence-electron chi connectivity index (χ2n) is 8.96. The number of likely N-dealkylation sites (tertiary alicyclic amines) is 1. The first-order valence-corrected chi connectivity index (χ1v) is 9.76. The number of hydrogen-bond acceptors (Lipinski definition) is 5. The van der Waals surface area contributed by atoms with E-state index in [0.717, 1.165) is 35.1 Å². The molecule has 0 aliphatic carbocycles. The molecule has 148 valence electrons. The van der Waals surface area contributed by atoms with Crippen LogP contribution in [0.15, 0.2) is 22.7 Å². The molecule has 7 nitrogen and oxygen atoms in total. The van der Waals surface area contributed by atoms with Gasteiger partial charge in [-0.2, -0.15) is 10.1 Å². The number of carbonyl (C=O) groups excluding carboxylic acids is 1. The smallest absolute Gasteiger partial charge is 0.231 e. The minimum Gasteiger partial charge on any atom is -0.342 e. The van der Waals surface area contributed by atoms with E-state index >= 15 is 0 Å². The van der Waals surface area contributed by atoms with Gasteiger partial charge in [-0.25, -0.2) is 0 Å². The van der Waals surface area contributed by atoms with Gasteiger partial charge in [-0.15, -0.1) is 0 Å². The molecule has 2 aromatic heterocycles. The summed E-state index contributed by atoms with van der Waals surface area (Å²) in [6, 6.07) is 6.09. The van der Waals surface area contributed by atoms with Crippen molar-refractivity contribution >= 4 is 16.8 Å². The normalized spacial score (nSPS) is 17.6. The van der Waals surface area contributed by atoms with Crippen molar-refractivity contribution in [2.24, 2.45) is 12.5 Å². The molecule has 0 saturated carbocycles. The minimum atomic E-state index is -0.00434. The number of nitrogens with zero attached hydrogens (tertiary/aromatic N) is 5. The van der Waals surface area contributed by atoms with E-state index in [0.29, 0.717) is 24.7 Å². The minimum absolute atomic E-state index is 0.00434. The number of benzene rings is 1. The van der Waals surface area contributed by atoms with Gasteiger partial charge in [0.2, 0.25) is 17.6 Å². The highest BCUT2D eigenvalue weighted by atomic mass is 16.5. The van der Waals surface area contributed by atoms with Gasteiger partial charge in [0.15, 0.2) is 0 Å². The van der Waals surface area contributed by atoms with Crippen LogP contribution in [0.3, 0.4) is 0 Å². The van der Waals surface area contributed by atoms with Gasteiger partial charge in [0.25, 0.3) is 0 Å². The molecule has 7 heteroatoms. The van der Waals surface area contributed by atoms with E-state index < -0.39 is 0 Å². The summed E-state index contributed by atoms with van der Waals surface area (Å²) in [5.41, 5.74) is 2.95. The molecule has 28 heavy (non-hydrogen) atoms. The summed E-state index contributed by atoms with van der Waals surface area (Å²) >= 11 is 0. The van der Waals surface area contributed by atoms with E-state index in [1.807, 2.05) is 41.8 Å². The highest BCUT2D eigenvalue weighted by Gasteiger charge is 2.32. The fourth-order valence-electron chi connectivity index (χ4n) is 3.85. The van der Waals surface area contributed by atoms with Crippen LogP contribution in [0.2, 0.25) is 0 Å². The molecule has 1 aromatic carbocycles. The van der Waals surface area contributed by atoms with Gasteiger partial charge in [-0.1, -0.05) is 38.1 Å². The van der Waals surface area contributed by atoms with E-state index in [1.54, 1.807) is 0 Å². The largest absolute Gasteiger partial charge is 0.342 e. The predicted octanol–water partition coefficient (Wildman–Crippen LogP) is 3.68. The summed E-state index contributed by atoms with van der Waals surface area (Å²) in [5.74, 6) is 1.50. The van der Waals surface area contributed by atoms with Crippen molar-refractivity contribution in [2.45, 2.75) is 46.5 Å². The van der Waals surface area contributed by atoms with Crippen molar-refractivity contribution in [3.05, 3.63) is 29.8 Å². The Morgan fingerprint density at radius 3 is 2.86 bits per heavy atom. The van der Waals surface area contributed by atoms with Crippen molar-refractivity contribution in [3.63, 3.8) is 0 Å². The van der Waals surface area contributed by atoms with Crippen LogP contribution in [-0.2, 0) is 11.8 Å². The summed E-state index contributed by atoms with van der Waals surface area (Å²) < 4.78 is 7.42. The monoisotopic (exact) mass is 381 g/mol. The van der Waals surface area contributed by atoms with Crippen LogP contribution in [0.25, 0.3) is 22.3 Å². The Balaban J connectivity index is 1.51. The Labute approximate surface area is 164 Å². The molecule has 0 radical (unpaired) electrons. The zero-order chi connectivity index (χ0) is 20.1. The molecule has 1 amide bonds. The third-order valence-corrected chi connectivity index (χ3v) is 5.31. The maximum Gasteiger partial charge on any atom is 0.231 e. The Hall–Kier alpha value is -2.70. The zero-order valence-corrected chi connectivity index (χ0v) is 17.2. The average molecular weight is 381 g/mol. The van der Waals surface area contributed by atoms with E-state index in [4.69, 9.17) is 4.52 Å². The van der Waals surface area contributed by atoms with Crippen LogP contribution < -0.4 is 0 Å². The molecule has 1 fully saturated rings. The van der Waals surface area contributed by atoms with Crippen molar-refractivity contribution in [2.75, 3.05) is 13.1 Å². The standard InChI is InChI=1S/C21H27N5O2/c1-13-16-7-6-14(10-17(16)25(5)23-13)19-22-20(28-24-19)15-8-9-26(12-15)18(27)11-21(2,3)4/h6-7,10,15H,8-9,11-12H2,1-5H3. The lowest BCUT2D eigenvalue weighted by Crippen LogP contribution is -2.31. The quantitative estimate of drug-likeness (QED) is 0.692. The Morgan fingerprint density at radius 1 is 1.32 bits per heavy atom. The van der Waals surface area contributed by atoms with Crippen LogP contribution in [0.1, 0.15) is 51.1 Å². The van der Waals surface area contributed by atoms with E-state index in [1.165, 1.54) is 0 Å². The number of aromatic nitrogens is 4. The molecular formula is C21H27N5O2. The van der Waals surface area contributed by atoms with E-state index in [9.17, 15) is 4.79 Å². The maximum absolute atomic E-state index is 12.5. The Morgan fingerprint density at radius 2 is 2.11 bits per heavy atom. The van der Waals surface area contributed by atoms with Gasteiger partial charge in [-0.3, -0.25) is 9.48 Å². The molecular weight excluding hydrogens is 354 g/mol. The summed E-state index contributed by atoms with van der Waals surface area (Å²) in [6.07, 6.45) is 1.41. The lowest BCUT2D eigenvalue weighted by Gasteiger charge is -2.22. The molecule has 1 atom stereocenters. The van der Waals surface area contributed by atoms with Gasteiger partial charge in [0.1, 0.15) is 0 Å². The third-order valence-electron chi connectivity index (χ3n) is 5.31. The maximum atomic E-state index is 12.5. The Kier molecular flexibility index (Phi) is 4.48. The summed E-state index contributed by atoms with van der Waals surface area (Å²) in [6.45, 7) is 9.66. The van der Waals surface area contributed by atoms with Crippen LogP contribution >= 0.6 is 0 Å². The predicted molar refractivity (Wildman–Crippen MR) is 107 cm³/mol. The number of aryl methyl sites for hydroxylation is 2. The first-order chi connectivity index (χ1) is 13.2. The molecule has 1 aliphatic heterocycles. The fraction of sp³-hybridized carbons (Fsp3) is 0.524. The Bertz CT molecular complexity index is 1030. The molecule has 0 N–H and O–H groups in total. The highest BCUT2D eigenvalue weighted by molar-refractivity contribution is 5.85. The summed E-state index contributed by atoms with van der Waals surface area (Å²) in [5, 5.41) is 9.77. The number of hydrogen-bond donors (Lipinski definition) is 0. The van der Waals surface area contributed by atoms with Gasteiger partial charge in [0, 0.05) is 37.5 Å². The number of carbonyl (C=O) groups is 1. The zero-order valence-electron chi connectivity index (χ0n) is 17.2. The van der Waals surface area contributed by atoms with Crippen LogP contribution in [0.5, 0.6) is 0 Å². The van der Waals surface area contributed by atoms with Crippen molar-refractivity contribution in [3.8, 4) is 11.4 Å². The van der Waals surface area contributed by atoms with Crippen LogP contribution in [0, 0.1) is 12.3 Å². The molecule has 0 spiro atoms. The van der Waals surface area contributed by atoms with Gasteiger partial charge < -0.3 is 9.42 Å². The number of fused-ring (bicyclic) bond motifs is 1. The fourth-order valence-corrected chi connectivity index (χ4v) is 3.85. The van der Waals surface area contributed by atoms with Crippen LogP contribution in [-0.4, -0.2) is 43.8 Å². The molecule has 3 aromatic rings. The lowest BCUT2D eigenvalue weighted by molar-refractivity contribution is -0.132. The lowest BCUT2D eigenvalue weighted by atomic mass is 9.92. The van der Waals surface area contributed by atoms with Crippen molar-refractivity contribution < 1.29 is 9.32 Å². The van der Waals surface area contributed by atoms with E-state index in [-0.39, 0.29) is 17.2 Å². The van der Waals surface area contributed by atoms with Crippen molar-refractivity contribution in [1.82, 2.24) is 24.8 Å². The van der Waals surface area contributed by atoms with Gasteiger partial charge in [-0.05, 0) is 24.8 Å². The number of rotatable bonds is 3. The molecule has 0 bridgehead atoms. The van der Waals surface area contributed by atoms with Crippen molar-refractivity contribution in [1.29, 1.82) is 0 Å². The molecule has 1 unspecified atom stereocenters. The topological polar surface area (TPSA) is 77.0 Å². The summed E-state index contributed by atoms with van der Waals surface area (Å²) in [7, 11) is 1.93. The third kappa shape index (κ3) is 3.53. The highest BCUT2D eigenvalue weighted by Crippen LogP contribution is 2.30. The second-order valence-corrected chi connectivity index (χ2v) is 8.96. The first kappa shape index (κ1) is 18.7. The molecule has 1 saturated heterocycles. The molecule has 4 rings (SSSR count). The summed E-state index contributed by atoms with van der Waals surface area (Å²) in [4.78, 5) is 19.0. The van der Waals surface area contributed by atoms with E-state index in [2.05, 4.69) is 36.0 Å². The second kappa shape index (κ2) is 6.72. The molecule has 3 heterocycles. The molecule has 1 aliphatic rings. The first-order valence-electron chi connectivity index (χ1n) is 9.76. The number of amides is 1. The van der Waals surface area contributed by atoms with Crippen LogP contribution in [0.4, 0.5) is 0 Å². The van der Waals surface area contributed by atoms with Gasteiger partial charge in [0.05, 0.1) is 17.1 Å². The van der Waals surface area contributed by atoms with Gasteiger partial charge >= 0.3 is 0 Å². The average Bonchev–Trinajstić information content (AvgIpc) is 3.33. The SMILES string of the molecule is Cc1nn(C)c2cc(-c3noc(C4CCN(C(=O)CC(C)(C)C)C4)n3)ccc12.